The molecule has 5 nitrogen and oxygen atoms in total. The van der Waals surface area contributed by atoms with Crippen molar-refractivity contribution in [3.8, 4) is 0 Å². The van der Waals surface area contributed by atoms with Crippen LogP contribution < -0.4 is 5.32 Å². The van der Waals surface area contributed by atoms with Crippen LogP contribution in [0.4, 0.5) is 0 Å². The third-order valence-corrected chi connectivity index (χ3v) is 2.31. The lowest BCUT2D eigenvalue weighted by Crippen LogP contribution is -2.31. The molecule has 1 N–H and O–H groups in total. The predicted molar refractivity (Wildman–Crippen MR) is 63.5 cm³/mol. The van der Waals surface area contributed by atoms with E-state index in [4.69, 9.17) is 4.74 Å². The zero-order valence-corrected chi connectivity index (χ0v) is 10.6. The van der Waals surface area contributed by atoms with Gasteiger partial charge in [-0.05, 0) is 20.0 Å². The lowest BCUT2D eigenvalue weighted by atomic mass is 10.3. The third-order valence-electron chi connectivity index (χ3n) is 2.31. The van der Waals surface area contributed by atoms with Crippen LogP contribution in [-0.4, -0.2) is 64.9 Å². The first-order valence-electron chi connectivity index (χ1n) is 5.65. The minimum Gasteiger partial charge on any atom is -0.469 e. The molecule has 0 unspecified atom stereocenters. The monoisotopic (exact) mass is 232 g/mol. The molecule has 16 heavy (non-hydrogen) atoms. The first-order valence-corrected chi connectivity index (χ1v) is 5.65. The lowest BCUT2D eigenvalue weighted by molar-refractivity contribution is -0.140. The number of nitrogens with one attached hydrogen (secondary N) is 1. The maximum atomic E-state index is 10.8. The van der Waals surface area contributed by atoms with Gasteiger partial charge in [0.15, 0.2) is 0 Å². The molecule has 0 atom stereocenters. The second-order valence-corrected chi connectivity index (χ2v) is 3.73. The van der Waals surface area contributed by atoms with Gasteiger partial charge in [-0.15, -0.1) is 0 Å². The minimum atomic E-state index is -0.140. The molecular formula is C11H24N2O3. The number of likely N-dealkylation sites (N-methyl/N-ethyl adjacent to an activating group) is 1. The van der Waals surface area contributed by atoms with Crippen LogP contribution in [0.25, 0.3) is 0 Å². The Morgan fingerprint density at radius 1 is 1.25 bits per heavy atom. The predicted octanol–water partition coefficient (Wildman–Crippen LogP) is 0.107. The van der Waals surface area contributed by atoms with Gasteiger partial charge in [-0.2, -0.15) is 0 Å². The highest BCUT2D eigenvalue weighted by atomic mass is 16.5. The summed E-state index contributed by atoms with van der Waals surface area (Å²) in [5, 5.41) is 3.28. The second kappa shape index (κ2) is 10.9. The summed E-state index contributed by atoms with van der Waals surface area (Å²) >= 11 is 0. The Bertz CT molecular complexity index is 177. The number of ether oxygens (including phenoxy) is 2. The highest BCUT2D eigenvalue weighted by molar-refractivity contribution is 5.68. The second-order valence-electron chi connectivity index (χ2n) is 3.73. The fourth-order valence-corrected chi connectivity index (χ4v) is 1.21. The average Bonchev–Trinajstić information content (AvgIpc) is 2.30. The molecule has 0 fully saturated rings. The number of rotatable bonds is 10. The van der Waals surface area contributed by atoms with Crippen molar-refractivity contribution in [2.45, 2.75) is 12.8 Å². The fraction of sp³-hybridized carbons (Fsp3) is 0.909. The van der Waals surface area contributed by atoms with Crippen LogP contribution in [0.15, 0.2) is 0 Å². The quantitative estimate of drug-likeness (QED) is 0.428. The number of carbonyl (C=O) groups excluding carboxylic acids is 1. The molecule has 0 heterocycles. The van der Waals surface area contributed by atoms with E-state index in [1.807, 2.05) is 0 Å². The maximum Gasteiger partial charge on any atom is 0.305 e. The van der Waals surface area contributed by atoms with Crippen LogP contribution in [0.2, 0.25) is 0 Å². The molecule has 0 aliphatic rings. The van der Waals surface area contributed by atoms with Crippen molar-refractivity contribution in [3.63, 3.8) is 0 Å². The van der Waals surface area contributed by atoms with Gasteiger partial charge in [0, 0.05) is 33.2 Å². The Morgan fingerprint density at radius 3 is 2.62 bits per heavy atom. The number of carbonyl (C=O) groups is 1. The number of nitrogens with zero attached hydrogens (tertiary/aromatic N) is 1. The van der Waals surface area contributed by atoms with Crippen molar-refractivity contribution in [2.24, 2.45) is 0 Å². The summed E-state index contributed by atoms with van der Waals surface area (Å²) in [4.78, 5) is 13.0. The number of methoxy groups -OCH3 is 2. The molecule has 0 spiro atoms. The van der Waals surface area contributed by atoms with Gasteiger partial charge in [0.05, 0.1) is 13.7 Å². The van der Waals surface area contributed by atoms with E-state index in [1.54, 1.807) is 7.11 Å². The summed E-state index contributed by atoms with van der Waals surface area (Å²) < 4.78 is 9.53. The van der Waals surface area contributed by atoms with Gasteiger partial charge in [-0.25, -0.2) is 0 Å². The van der Waals surface area contributed by atoms with E-state index in [0.29, 0.717) is 6.42 Å². The van der Waals surface area contributed by atoms with E-state index >= 15 is 0 Å². The molecule has 0 aliphatic heterocycles. The molecule has 96 valence electrons. The van der Waals surface area contributed by atoms with Gasteiger partial charge in [0.2, 0.25) is 0 Å². The van der Waals surface area contributed by atoms with Crippen LogP contribution in [0, 0.1) is 0 Å². The average molecular weight is 232 g/mol. The van der Waals surface area contributed by atoms with E-state index in [2.05, 4.69) is 22.0 Å². The van der Waals surface area contributed by atoms with Gasteiger partial charge in [0.25, 0.3) is 0 Å². The third kappa shape index (κ3) is 9.89. The zero-order chi connectivity index (χ0) is 12.2. The summed E-state index contributed by atoms with van der Waals surface area (Å²) in [5.41, 5.74) is 0. The van der Waals surface area contributed by atoms with Crippen molar-refractivity contribution in [1.29, 1.82) is 0 Å². The van der Waals surface area contributed by atoms with Gasteiger partial charge < -0.3 is 19.7 Å². The van der Waals surface area contributed by atoms with E-state index in [1.165, 1.54) is 7.11 Å². The van der Waals surface area contributed by atoms with E-state index in [-0.39, 0.29) is 5.97 Å². The molecule has 0 radical (unpaired) electrons. The number of hydrogen-bond donors (Lipinski definition) is 1. The smallest absolute Gasteiger partial charge is 0.305 e. The largest absolute Gasteiger partial charge is 0.469 e. The molecular weight excluding hydrogens is 208 g/mol. The van der Waals surface area contributed by atoms with Crippen LogP contribution in [0.3, 0.4) is 0 Å². The molecule has 0 saturated heterocycles. The SMILES string of the molecule is COCCN(C)CCNCCCC(=O)OC. The number of hydrogen-bond acceptors (Lipinski definition) is 5. The van der Waals surface area contributed by atoms with Gasteiger partial charge >= 0.3 is 5.97 Å². The normalized spacial score (nSPS) is 10.8. The van der Waals surface area contributed by atoms with Gasteiger partial charge in [0.1, 0.15) is 0 Å². The summed E-state index contributed by atoms with van der Waals surface area (Å²) in [6.45, 7) is 4.48. The van der Waals surface area contributed by atoms with Gasteiger partial charge in [-0.3, -0.25) is 4.79 Å². The fourth-order valence-electron chi connectivity index (χ4n) is 1.21. The van der Waals surface area contributed by atoms with Crippen LogP contribution >= 0.6 is 0 Å². The molecule has 0 bridgehead atoms. The van der Waals surface area contributed by atoms with Crippen molar-refractivity contribution < 1.29 is 14.3 Å². The Hall–Kier alpha value is -0.650. The summed E-state index contributed by atoms with van der Waals surface area (Å²) in [7, 11) is 5.19. The summed E-state index contributed by atoms with van der Waals surface area (Å²) in [6.07, 6.45) is 1.32. The minimum absolute atomic E-state index is 0.140. The molecule has 0 rings (SSSR count). The molecule has 0 aromatic carbocycles. The Morgan fingerprint density at radius 2 is 2.00 bits per heavy atom. The highest BCUT2D eigenvalue weighted by Gasteiger charge is 1.99. The first kappa shape index (κ1) is 15.3. The maximum absolute atomic E-state index is 10.8. The topological polar surface area (TPSA) is 50.8 Å². The molecule has 0 amide bonds. The van der Waals surface area contributed by atoms with E-state index < -0.39 is 0 Å². The van der Waals surface area contributed by atoms with Crippen molar-refractivity contribution >= 4 is 5.97 Å². The van der Waals surface area contributed by atoms with E-state index in [0.717, 1.165) is 39.2 Å². The standard InChI is InChI=1S/C11H24N2O3/c1-13(9-10-15-2)8-7-12-6-4-5-11(14)16-3/h12H,4-10H2,1-3H3. The Kier molecular flexibility index (Phi) is 10.4. The first-order chi connectivity index (χ1) is 7.70. The Labute approximate surface area is 98.1 Å². The van der Waals surface area contributed by atoms with Crippen LogP contribution in [0.1, 0.15) is 12.8 Å². The summed E-state index contributed by atoms with van der Waals surface area (Å²) in [5.74, 6) is -0.140. The molecule has 0 saturated carbocycles. The zero-order valence-electron chi connectivity index (χ0n) is 10.6. The van der Waals surface area contributed by atoms with Gasteiger partial charge in [-0.1, -0.05) is 0 Å². The molecule has 0 aromatic rings. The summed E-state index contributed by atoms with van der Waals surface area (Å²) in [6, 6.07) is 0. The van der Waals surface area contributed by atoms with Crippen molar-refractivity contribution in [1.82, 2.24) is 10.2 Å². The molecule has 0 aliphatic carbocycles. The lowest BCUT2D eigenvalue weighted by Gasteiger charge is -2.16. The van der Waals surface area contributed by atoms with Crippen LogP contribution in [-0.2, 0) is 14.3 Å². The molecule has 5 heteroatoms. The highest BCUT2D eigenvalue weighted by Crippen LogP contribution is 1.89. The number of esters is 1. The van der Waals surface area contributed by atoms with Crippen molar-refractivity contribution in [2.75, 3.05) is 54.1 Å². The Balaban J connectivity index is 3.17. The van der Waals surface area contributed by atoms with E-state index in [9.17, 15) is 4.79 Å². The molecule has 0 aromatic heterocycles. The van der Waals surface area contributed by atoms with Crippen LogP contribution in [0.5, 0.6) is 0 Å². The van der Waals surface area contributed by atoms with Crippen molar-refractivity contribution in [3.05, 3.63) is 0 Å².